The minimum Gasteiger partial charge on any atom is -0.490 e. The van der Waals surface area contributed by atoms with Gasteiger partial charge in [-0.3, -0.25) is 19.3 Å². The number of ether oxygens (including phenoxy) is 3. The third-order valence-electron chi connectivity index (χ3n) is 5.53. The van der Waals surface area contributed by atoms with Crippen LogP contribution in [-0.4, -0.2) is 66.3 Å². The predicted molar refractivity (Wildman–Crippen MR) is 138 cm³/mol. The molecular formula is C25H24Cl2N2O6S. The molecule has 2 aromatic carbocycles. The minimum atomic E-state index is -0.502. The molecule has 36 heavy (non-hydrogen) atoms. The van der Waals surface area contributed by atoms with Crippen LogP contribution in [0.25, 0.3) is 6.08 Å². The fraction of sp³-hybridized carbons (Fsp3) is 0.320. The van der Waals surface area contributed by atoms with Gasteiger partial charge in [0.15, 0.2) is 11.5 Å². The summed E-state index contributed by atoms with van der Waals surface area (Å²) in [4.78, 5) is 40.7. The first-order valence-electron chi connectivity index (χ1n) is 11.3. The highest BCUT2D eigenvalue weighted by Crippen LogP contribution is 2.35. The van der Waals surface area contributed by atoms with Crippen LogP contribution < -0.4 is 9.47 Å². The maximum atomic E-state index is 12.9. The molecule has 0 bridgehead atoms. The Morgan fingerprint density at radius 3 is 2.50 bits per heavy atom. The van der Waals surface area contributed by atoms with E-state index >= 15 is 0 Å². The van der Waals surface area contributed by atoms with Gasteiger partial charge in [-0.2, -0.15) is 0 Å². The van der Waals surface area contributed by atoms with Crippen molar-refractivity contribution >= 4 is 58.1 Å². The molecular weight excluding hydrogens is 527 g/mol. The summed E-state index contributed by atoms with van der Waals surface area (Å²) in [5.74, 6) is 0.171. The van der Waals surface area contributed by atoms with E-state index in [9.17, 15) is 14.4 Å². The second kappa shape index (κ2) is 12.0. The van der Waals surface area contributed by atoms with Crippen molar-refractivity contribution in [2.45, 2.75) is 13.5 Å². The van der Waals surface area contributed by atoms with Gasteiger partial charge in [0, 0.05) is 28.7 Å². The van der Waals surface area contributed by atoms with Crippen LogP contribution in [0.15, 0.2) is 41.3 Å². The summed E-state index contributed by atoms with van der Waals surface area (Å²) in [5, 5.41) is 0.522. The molecule has 0 aliphatic carbocycles. The van der Waals surface area contributed by atoms with Crippen LogP contribution in [0.1, 0.15) is 18.1 Å². The quantitative estimate of drug-likeness (QED) is 0.433. The fourth-order valence-corrected chi connectivity index (χ4v) is 5.00. The van der Waals surface area contributed by atoms with Crippen LogP contribution in [-0.2, 0) is 20.9 Å². The zero-order valence-electron chi connectivity index (χ0n) is 19.5. The largest absolute Gasteiger partial charge is 0.490 e. The van der Waals surface area contributed by atoms with E-state index in [1.54, 1.807) is 47.4 Å². The molecule has 2 aliphatic rings. The van der Waals surface area contributed by atoms with Gasteiger partial charge in [0.25, 0.3) is 11.1 Å². The van der Waals surface area contributed by atoms with Gasteiger partial charge in [-0.1, -0.05) is 35.3 Å². The average molecular weight is 551 g/mol. The molecule has 4 rings (SSSR count). The summed E-state index contributed by atoms with van der Waals surface area (Å²) in [7, 11) is 0. The van der Waals surface area contributed by atoms with Crippen LogP contribution in [0.3, 0.4) is 0 Å². The Hall–Kier alpha value is -2.72. The highest BCUT2D eigenvalue weighted by molar-refractivity contribution is 8.18. The zero-order chi connectivity index (χ0) is 25.7. The van der Waals surface area contributed by atoms with Gasteiger partial charge < -0.3 is 19.1 Å². The normalized spacial score (nSPS) is 17.1. The smallest absolute Gasteiger partial charge is 0.294 e. The number of morpholine rings is 1. The van der Waals surface area contributed by atoms with Gasteiger partial charge >= 0.3 is 0 Å². The molecule has 2 aromatic rings. The first-order chi connectivity index (χ1) is 17.4. The fourth-order valence-electron chi connectivity index (χ4n) is 3.66. The molecule has 11 heteroatoms. The number of benzene rings is 2. The summed E-state index contributed by atoms with van der Waals surface area (Å²) >= 11 is 13.3. The molecule has 0 saturated carbocycles. The number of carbonyl (C=O) groups excluding carboxylic acids is 3. The van der Waals surface area contributed by atoms with E-state index in [-0.39, 0.29) is 24.0 Å². The Morgan fingerprint density at radius 2 is 1.81 bits per heavy atom. The van der Waals surface area contributed by atoms with E-state index in [0.717, 1.165) is 16.7 Å². The second-order valence-electron chi connectivity index (χ2n) is 7.89. The molecule has 0 unspecified atom stereocenters. The van der Waals surface area contributed by atoms with Gasteiger partial charge in [-0.15, -0.1) is 0 Å². The van der Waals surface area contributed by atoms with E-state index in [1.807, 2.05) is 6.92 Å². The summed E-state index contributed by atoms with van der Waals surface area (Å²) < 4.78 is 16.9. The van der Waals surface area contributed by atoms with E-state index in [2.05, 4.69) is 0 Å². The lowest BCUT2D eigenvalue weighted by Crippen LogP contribution is -2.46. The molecule has 0 N–H and O–H groups in total. The van der Waals surface area contributed by atoms with Crippen molar-refractivity contribution < 1.29 is 28.6 Å². The standard InChI is InChI=1S/C25H24Cl2N2O6S/c1-2-34-21-12-16(6-7-20(21)35-15-17-18(26)4-3-5-19(17)27)13-22-24(31)29(25(32)36-22)14-23(30)28-8-10-33-11-9-28/h3-7,12-13H,2,8-11,14-15H2,1H3/b22-13-. The first kappa shape index (κ1) is 26.3. The van der Waals surface area contributed by atoms with Crippen LogP contribution in [0.2, 0.25) is 10.0 Å². The Morgan fingerprint density at radius 1 is 1.08 bits per heavy atom. The summed E-state index contributed by atoms with van der Waals surface area (Å²) in [5.41, 5.74) is 1.30. The number of amides is 3. The summed E-state index contributed by atoms with van der Waals surface area (Å²) in [6.07, 6.45) is 1.60. The van der Waals surface area contributed by atoms with Crippen LogP contribution in [0.4, 0.5) is 4.79 Å². The van der Waals surface area contributed by atoms with Crippen molar-refractivity contribution in [3.8, 4) is 11.5 Å². The second-order valence-corrected chi connectivity index (χ2v) is 9.70. The summed E-state index contributed by atoms with van der Waals surface area (Å²) in [6, 6.07) is 10.4. The third-order valence-corrected chi connectivity index (χ3v) is 7.15. The van der Waals surface area contributed by atoms with E-state index < -0.39 is 11.1 Å². The number of nitrogens with zero attached hydrogens (tertiary/aromatic N) is 2. The number of halogens is 2. The van der Waals surface area contributed by atoms with Crippen molar-refractivity contribution in [3.63, 3.8) is 0 Å². The van der Waals surface area contributed by atoms with Gasteiger partial charge in [-0.05, 0) is 54.6 Å². The van der Waals surface area contributed by atoms with Crippen LogP contribution >= 0.6 is 35.0 Å². The number of hydrogen-bond donors (Lipinski definition) is 0. The van der Waals surface area contributed by atoms with Gasteiger partial charge in [-0.25, -0.2) is 0 Å². The molecule has 2 saturated heterocycles. The molecule has 2 aliphatic heterocycles. The maximum absolute atomic E-state index is 12.9. The Bertz CT molecular complexity index is 1180. The highest BCUT2D eigenvalue weighted by atomic mass is 35.5. The molecule has 0 spiro atoms. The lowest BCUT2D eigenvalue weighted by atomic mass is 10.1. The third kappa shape index (κ3) is 6.15. The number of hydrogen-bond acceptors (Lipinski definition) is 7. The van der Waals surface area contributed by atoms with Gasteiger partial charge in [0.05, 0.1) is 24.7 Å². The maximum Gasteiger partial charge on any atom is 0.294 e. The van der Waals surface area contributed by atoms with Crippen molar-refractivity contribution in [2.24, 2.45) is 0 Å². The highest BCUT2D eigenvalue weighted by Gasteiger charge is 2.37. The van der Waals surface area contributed by atoms with E-state index in [1.165, 1.54) is 0 Å². The van der Waals surface area contributed by atoms with Gasteiger partial charge in [0.1, 0.15) is 13.2 Å². The van der Waals surface area contributed by atoms with E-state index in [0.29, 0.717) is 65.6 Å². The molecule has 0 aromatic heterocycles. The molecule has 0 atom stereocenters. The number of imide groups is 1. The molecule has 8 nitrogen and oxygen atoms in total. The number of thioether (sulfide) groups is 1. The number of rotatable bonds is 8. The summed E-state index contributed by atoms with van der Waals surface area (Å²) in [6.45, 7) is 3.88. The average Bonchev–Trinajstić information content (AvgIpc) is 3.12. The van der Waals surface area contributed by atoms with Crippen LogP contribution in [0, 0.1) is 0 Å². The van der Waals surface area contributed by atoms with Crippen LogP contribution in [0.5, 0.6) is 11.5 Å². The SMILES string of the molecule is CCOc1cc(/C=C2\SC(=O)N(CC(=O)N3CCOCC3)C2=O)ccc1OCc1c(Cl)cccc1Cl. The molecule has 190 valence electrons. The van der Waals surface area contributed by atoms with Crippen molar-refractivity contribution in [1.29, 1.82) is 0 Å². The molecule has 2 heterocycles. The predicted octanol–water partition coefficient (Wildman–Crippen LogP) is 4.87. The molecule has 3 amide bonds. The lowest BCUT2D eigenvalue weighted by molar-refractivity contribution is -0.139. The van der Waals surface area contributed by atoms with Crippen molar-refractivity contribution in [2.75, 3.05) is 39.5 Å². The van der Waals surface area contributed by atoms with Crippen molar-refractivity contribution in [1.82, 2.24) is 9.80 Å². The first-order valence-corrected chi connectivity index (χ1v) is 12.9. The molecule has 0 radical (unpaired) electrons. The zero-order valence-corrected chi connectivity index (χ0v) is 21.8. The lowest BCUT2D eigenvalue weighted by Gasteiger charge is -2.28. The Kier molecular flexibility index (Phi) is 8.79. The Labute approximate surface area is 223 Å². The minimum absolute atomic E-state index is 0.147. The number of carbonyl (C=O) groups is 3. The molecule has 2 fully saturated rings. The Balaban J connectivity index is 1.47. The van der Waals surface area contributed by atoms with E-state index in [4.69, 9.17) is 37.4 Å². The van der Waals surface area contributed by atoms with Crippen molar-refractivity contribution in [3.05, 3.63) is 62.5 Å². The van der Waals surface area contributed by atoms with Gasteiger partial charge in [0.2, 0.25) is 5.91 Å². The monoisotopic (exact) mass is 550 g/mol. The topological polar surface area (TPSA) is 85.4 Å².